The van der Waals surface area contributed by atoms with Crippen LogP contribution in [0.15, 0.2) is 59.1 Å². The first kappa shape index (κ1) is 21.9. The maximum Gasteiger partial charge on any atom is 0.573 e. The van der Waals surface area contributed by atoms with Crippen LogP contribution in [0.1, 0.15) is 19.4 Å². The van der Waals surface area contributed by atoms with Crippen molar-refractivity contribution in [2.24, 2.45) is 0 Å². The molecule has 0 unspecified atom stereocenters. The van der Waals surface area contributed by atoms with E-state index in [9.17, 15) is 13.2 Å². The van der Waals surface area contributed by atoms with E-state index in [2.05, 4.69) is 41.3 Å². The zero-order valence-corrected chi connectivity index (χ0v) is 17.9. The Kier molecular flexibility index (Phi) is 6.81. The number of aromatic nitrogens is 2. The maximum absolute atomic E-state index is 12.6. The van der Waals surface area contributed by atoms with E-state index in [1.807, 2.05) is 38.1 Å². The average Bonchev–Trinajstić information content (AvgIpc) is 2.66. The molecule has 158 valence electrons. The van der Waals surface area contributed by atoms with Gasteiger partial charge in [-0.15, -0.1) is 13.2 Å². The number of hydrogen-bond donors (Lipinski definition) is 2. The molecule has 0 spiro atoms. The second-order valence-electron chi connectivity index (χ2n) is 6.82. The smallest absolute Gasteiger partial charge is 0.406 e. The number of rotatable bonds is 7. The molecular weight excluding hydrogens is 461 g/mol. The Bertz CT molecular complexity index is 994. The van der Waals surface area contributed by atoms with E-state index in [0.717, 1.165) is 10.0 Å². The number of nitrogens with one attached hydrogen (secondary N) is 2. The fourth-order valence-electron chi connectivity index (χ4n) is 2.66. The van der Waals surface area contributed by atoms with E-state index in [0.29, 0.717) is 29.6 Å². The van der Waals surface area contributed by atoms with Crippen molar-refractivity contribution in [2.75, 3.05) is 10.6 Å². The predicted octanol–water partition coefficient (Wildman–Crippen LogP) is 6.24. The van der Waals surface area contributed by atoms with Crippen LogP contribution in [0.25, 0.3) is 11.3 Å². The zero-order chi connectivity index (χ0) is 21.7. The summed E-state index contributed by atoms with van der Waals surface area (Å²) < 4.78 is 42.7. The highest BCUT2D eigenvalue weighted by atomic mass is 79.9. The number of ether oxygens (including phenoxy) is 1. The van der Waals surface area contributed by atoms with Gasteiger partial charge < -0.3 is 15.4 Å². The minimum Gasteiger partial charge on any atom is -0.406 e. The van der Waals surface area contributed by atoms with Gasteiger partial charge in [0.2, 0.25) is 5.95 Å². The number of benzene rings is 2. The highest BCUT2D eigenvalue weighted by molar-refractivity contribution is 9.10. The van der Waals surface area contributed by atoms with Gasteiger partial charge in [0, 0.05) is 28.7 Å². The molecule has 0 saturated heterocycles. The average molecular weight is 481 g/mol. The lowest BCUT2D eigenvalue weighted by Gasteiger charge is -2.14. The Morgan fingerprint density at radius 1 is 1.03 bits per heavy atom. The minimum atomic E-state index is -4.76. The quantitative estimate of drug-likeness (QED) is 0.419. The van der Waals surface area contributed by atoms with Crippen LogP contribution in [0.4, 0.5) is 24.9 Å². The standard InChI is InChI=1S/C21H20BrF3N4O/c1-13(2)27-20-28-18(15-4-3-5-17(10-15)30-21(23,24)25)11-19(29-20)26-12-14-6-8-16(22)9-7-14/h3-11,13H,12H2,1-2H3,(H2,26,27,28,29). The summed E-state index contributed by atoms with van der Waals surface area (Å²) in [6.07, 6.45) is -4.76. The van der Waals surface area contributed by atoms with Crippen LogP contribution in [0.5, 0.6) is 5.75 Å². The molecule has 0 amide bonds. The summed E-state index contributed by atoms with van der Waals surface area (Å²) in [6.45, 7) is 4.42. The topological polar surface area (TPSA) is 59.1 Å². The van der Waals surface area contributed by atoms with Crippen molar-refractivity contribution >= 4 is 27.7 Å². The van der Waals surface area contributed by atoms with Gasteiger partial charge in [-0.3, -0.25) is 0 Å². The third kappa shape index (κ3) is 6.62. The molecule has 0 aliphatic heterocycles. The molecule has 2 aromatic carbocycles. The van der Waals surface area contributed by atoms with Crippen LogP contribution in [0.2, 0.25) is 0 Å². The maximum atomic E-state index is 12.6. The Hall–Kier alpha value is -2.81. The van der Waals surface area contributed by atoms with Crippen molar-refractivity contribution < 1.29 is 17.9 Å². The van der Waals surface area contributed by atoms with Gasteiger partial charge in [-0.2, -0.15) is 4.98 Å². The summed E-state index contributed by atoms with van der Waals surface area (Å²) in [4.78, 5) is 8.90. The van der Waals surface area contributed by atoms with Crippen LogP contribution in [-0.2, 0) is 6.54 Å². The molecule has 0 radical (unpaired) electrons. The van der Waals surface area contributed by atoms with E-state index in [4.69, 9.17) is 0 Å². The van der Waals surface area contributed by atoms with Gasteiger partial charge in [0.25, 0.3) is 0 Å². The van der Waals surface area contributed by atoms with Gasteiger partial charge in [-0.1, -0.05) is 40.2 Å². The Balaban J connectivity index is 1.89. The van der Waals surface area contributed by atoms with Gasteiger partial charge in [-0.05, 0) is 43.7 Å². The van der Waals surface area contributed by atoms with Crippen molar-refractivity contribution in [3.8, 4) is 17.0 Å². The molecule has 3 aromatic rings. The molecule has 2 N–H and O–H groups in total. The molecule has 9 heteroatoms. The number of alkyl halides is 3. The number of hydrogen-bond acceptors (Lipinski definition) is 5. The molecular formula is C21H20BrF3N4O. The summed E-state index contributed by atoms with van der Waals surface area (Å²) in [5.41, 5.74) is 2.01. The fraction of sp³-hybridized carbons (Fsp3) is 0.238. The van der Waals surface area contributed by atoms with E-state index >= 15 is 0 Å². The molecule has 1 heterocycles. The normalized spacial score (nSPS) is 11.4. The molecule has 0 atom stereocenters. The molecule has 0 aliphatic carbocycles. The van der Waals surface area contributed by atoms with E-state index in [-0.39, 0.29) is 11.8 Å². The lowest BCUT2D eigenvalue weighted by Crippen LogP contribution is -2.17. The second kappa shape index (κ2) is 9.34. The lowest BCUT2D eigenvalue weighted by molar-refractivity contribution is -0.274. The largest absolute Gasteiger partial charge is 0.573 e. The number of halogens is 4. The van der Waals surface area contributed by atoms with Crippen molar-refractivity contribution in [1.82, 2.24) is 9.97 Å². The van der Waals surface area contributed by atoms with E-state index in [1.165, 1.54) is 18.2 Å². The minimum absolute atomic E-state index is 0.0828. The van der Waals surface area contributed by atoms with Crippen molar-refractivity contribution in [1.29, 1.82) is 0 Å². The summed E-state index contributed by atoms with van der Waals surface area (Å²) in [6, 6.07) is 15.3. The predicted molar refractivity (Wildman–Crippen MR) is 114 cm³/mol. The molecule has 3 rings (SSSR count). The summed E-state index contributed by atoms with van der Waals surface area (Å²) >= 11 is 3.40. The molecule has 1 aromatic heterocycles. The van der Waals surface area contributed by atoms with Gasteiger partial charge in [-0.25, -0.2) is 4.98 Å². The summed E-state index contributed by atoms with van der Waals surface area (Å²) in [5, 5.41) is 6.37. The highest BCUT2D eigenvalue weighted by Gasteiger charge is 2.31. The third-order valence-electron chi connectivity index (χ3n) is 3.89. The Morgan fingerprint density at radius 2 is 1.77 bits per heavy atom. The fourth-order valence-corrected chi connectivity index (χ4v) is 2.92. The van der Waals surface area contributed by atoms with Gasteiger partial charge in [0.15, 0.2) is 0 Å². The van der Waals surface area contributed by atoms with Crippen LogP contribution in [0, 0.1) is 0 Å². The zero-order valence-electron chi connectivity index (χ0n) is 16.3. The van der Waals surface area contributed by atoms with Crippen molar-refractivity contribution in [3.63, 3.8) is 0 Å². The molecule has 5 nitrogen and oxygen atoms in total. The number of anilines is 2. The monoisotopic (exact) mass is 480 g/mol. The summed E-state index contributed by atoms with van der Waals surface area (Å²) in [7, 11) is 0. The first-order chi connectivity index (χ1) is 14.2. The van der Waals surface area contributed by atoms with E-state index < -0.39 is 6.36 Å². The van der Waals surface area contributed by atoms with Crippen LogP contribution in [0.3, 0.4) is 0 Å². The number of nitrogens with zero attached hydrogens (tertiary/aromatic N) is 2. The third-order valence-corrected chi connectivity index (χ3v) is 4.42. The molecule has 30 heavy (non-hydrogen) atoms. The highest BCUT2D eigenvalue weighted by Crippen LogP contribution is 2.29. The Labute approximate surface area is 180 Å². The van der Waals surface area contributed by atoms with Crippen LogP contribution in [-0.4, -0.2) is 22.4 Å². The second-order valence-corrected chi connectivity index (χ2v) is 7.73. The van der Waals surface area contributed by atoms with Gasteiger partial charge in [0.1, 0.15) is 11.6 Å². The van der Waals surface area contributed by atoms with Crippen molar-refractivity contribution in [3.05, 3.63) is 64.6 Å². The summed E-state index contributed by atoms with van der Waals surface area (Å²) in [5.74, 6) is 0.623. The molecule has 0 fully saturated rings. The lowest BCUT2D eigenvalue weighted by atomic mass is 10.1. The van der Waals surface area contributed by atoms with Crippen LogP contribution < -0.4 is 15.4 Å². The van der Waals surface area contributed by atoms with E-state index in [1.54, 1.807) is 12.1 Å². The van der Waals surface area contributed by atoms with Gasteiger partial charge >= 0.3 is 6.36 Å². The molecule has 0 aliphatic rings. The van der Waals surface area contributed by atoms with Crippen molar-refractivity contribution in [2.45, 2.75) is 32.8 Å². The molecule has 0 bridgehead atoms. The molecule has 0 saturated carbocycles. The Morgan fingerprint density at radius 3 is 2.43 bits per heavy atom. The first-order valence-electron chi connectivity index (χ1n) is 9.18. The van der Waals surface area contributed by atoms with Gasteiger partial charge in [0.05, 0.1) is 5.69 Å². The first-order valence-corrected chi connectivity index (χ1v) is 9.97. The van der Waals surface area contributed by atoms with Crippen LogP contribution >= 0.6 is 15.9 Å². The SMILES string of the molecule is CC(C)Nc1nc(NCc2ccc(Br)cc2)cc(-c2cccc(OC(F)(F)F)c2)n1.